The molecule has 0 bridgehead atoms. The van der Waals surface area contributed by atoms with Gasteiger partial charge in [-0.1, -0.05) is 31.1 Å². The molecule has 2 aliphatic rings. The van der Waals surface area contributed by atoms with Crippen LogP contribution in [0.1, 0.15) is 50.5 Å². The van der Waals surface area contributed by atoms with E-state index >= 15 is 0 Å². The van der Waals surface area contributed by atoms with E-state index in [9.17, 15) is 14.4 Å². The SMILES string of the molecule is C=CCC1(C)NC(=O)C(C(=O)Nc2ccc(C3CCCC3)cc2)C1=O. The normalized spacial score (nSPS) is 26.5. The first-order chi connectivity index (χ1) is 11.9. The molecule has 25 heavy (non-hydrogen) atoms. The molecular weight excluding hydrogens is 316 g/mol. The molecule has 1 saturated carbocycles. The second-order valence-electron chi connectivity index (χ2n) is 7.20. The summed E-state index contributed by atoms with van der Waals surface area (Å²) in [5, 5.41) is 5.32. The van der Waals surface area contributed by atoms with Crippen molar-refractivity contribution in [1.29, 1.82) is 0 Å². The van der Waals surface area contributed by atoms with Crippen LogP contribution in [-0.2, 0) is 14.4 Å². The zero-order valence-corrected chi connectivity index (χ0v) is 14.5. The molecule has 5 heteroatoms. The van der Waals surface area contributed by atoms with Gasteiger partial charge in [-0.3, -0.25) is 14.4 Å². The minimum Gasteiger partial charge on any atom is -0.342 e. The first-order valence-corrected chi connectivity index (χ1v) is 8.82. The largest absolute Gasteiger partial charge is 0.342 e. The quantitative estimate of drug-likeness (QED) is 0.639. The standard InChI is InChI=1S/C20H24N2O3/c1-3-12-20(2)17(23)16(19(25)22-20)18(24)21-15-10-8-14(9-11-15)13-6-4-5-7-13/h3,8-11,13,16H,1,4-7,12H2,2H3,(H,21,24)(H,22,25). The molecule has 0 spiro atoms. The summed E-state index contributed by atoms with van der Waals surface area (Å²) >= 11 is 0. The third-order valence-electron chi connectivity index (χ3n) is 5.29. The van der Waals surface area contributed by atoms with Crippen molar-refractivity contribution >= 4 is 23.3 Å². The molecule has 0 aromatic heterocycles. The van der Waals surface area contributed by atoms with Gasteiger partial charge in [-0.05, 0) is 49.8 Å². The van der Waals surface area contributed by atoms with Crippen LogP contribution in [-0.4, -0.2) is 23.1 Å². The van der Waals surface area contributed by atoms with E-state index in [1.165, 1.54) is 31.2 Å². The van der Waals surface area contributed by atoms with Gasteiger partial charge in [-0.25, -0.2) is 0 Å². The fourth-order valence-corrected chi connectivity index (χ4v) is 3.83. The van der Waals surface area contributed by atoms with Crippen molar-refractivity contribution in [2.45, 2.75) is 50.5 Å². The van der Waals surface area contributed by atoms with Crippen molar-refractivity contribution < 1.29 is 14.4 Å². The molecule has 1 aromatic carbocycles. The number of nitrogens with one attached hydrogen (secondary N) is 2. The highest BCUT2D eigenvalue weighted by molar-refractivity contribution is 6.27. The fraction of sp³-hybridized carbons (Fsp3) is 0.450. The Hall–Kier alpha value is -2.43. The van der Waals surface area contributed by atoms with Crippen LogP contribution in [0.25, 0.3) is 0 Å². The number of ketones is 1. The maximum Gasteiger partial charge on any atom is 0.244 e. The number of anilines is 1. The van der Waals surface area contributed by atoms with Gasteiger partial charge in [0.25, 0.3) is 0 Å². The molecule has 2 N–H and O–H groups in total. The van der Waals surface area contributed by atoms with Gasteiger partial charge < -0.3 is 10.6 Å². The lowest BCUT2D eigenvalue weighted by atomic mass is 9.89. The monoisotopic (exact) mass is 340 g/mol. The summed E-state index contributed by atoms with van der Waals surface area (Å²) in [5.74, 6) is -2.23. The highest BCUT2D eigenvalue weighted by atomic mass is 16.2. The second-order valence-corrected chi connectivity index (χ2v) is 7.20. The predicted octanol–water partition coefficient (Wildman–Crippen LogP) is 2.93. The van der Waals surface area contributed by atoms with Crippen LogP contribution in [0.15, 0.2) is 36.9 Å². The smallest absolute Gasteiger partial charge is 0.244 e. The lowest BCUT2D eigenvalue weighted by Gasteiger charge is -2.19. The van der Waals surface area contributed by atoms with Gasteiger partial charge in [0.15, 0.2) is 11.7 Å². The number of Topliss-reactive ketones (excluding diaryl/α,β-unsaturated/α-hetero) is 1. The zero-order valence-electron chi connectivity index (χ0n) is 14.5. The molecule has 1 saturated heterocycles. The van der Waals surface area contributed by atoms with Crippen molar-refractivity contribution in [3.05, 3.63) is 42.5 Å². The number of hydrogen-bond acceptors (Lipinski definition) is 3. The molecule has 1 aliphatic heterocycles. The molecule has 1 aliphatic carbocycles. The number of rotatable bonds is 5. The summed E-state index contributed by atoms with van der Waals surface area (Å²) in [5.41, 5.74) is 0.834. The summed E-state index contributed by atoms with van der Waals surface area (Å²) in [6.45, 7) is 5.23. The Kier molecular flexibility index (Phi) is 4.75. The summed E-state index contributed by atoms with van der Waals surface area (Å²) in [7, 11) is 0. The summed E-state index contributed by atoms with van der Waals surface area (Å²) in [6, 6.07) is 7.71. The Morgan fingerprint density at radius 1 is 1.28 bits per heavy atom. The Morgan fingerprint density at radius 2 is 1.92 bits per heavy atom. The van der Waals surface area contributed by atoms with Gasteiger partial charge in [0.2, 0.25) is 11.8 Å². The Morgan fingerprint density at radius 3 is 2.52 bits per heavy atom. The third kappa shape index (κ3) is 3.36. The zero-order chi connectivity index (χ0) is 18.0. The van der Waals surface area contributed by atoms with E-state index < -0.39 is 29.1 Å². The fourth-order valence-electron chi connectivity index (χ4n) is 3.83. The Bertz CT molecular complexity index is 704. The van der Waals surface area contributed by atoms with E-state index in [1.54, 1.807) is 13.0 Å². The Labute approximate surface area is 147 Å². The predicted molar refractivity (Wildman–Crippen MR) is 96.1 cm³/mol. The average Bonchev–Trinajstić information content (AvgIpc) is 3.16. The van der Waals surface area contributed by atoms with Gasteiger partial charge in [0, 0.05) is 5.69 Å². The van der Waals surface area contributed by atoms with Gasteiger partial charge in [-0.2, -0.15) is 0 Å². The molecule has 2 amide bonds. The summed E-state index contributed by atoms with van der Waals surface area (Å²) < 4.78 is 0. The van der Waals surface area contributed by atoms with Crippen LogP contribution in [0, 0.1) is 5.92 Å². The maximum absolute atomic E-state index is 12.5. The van der Waals surface area contributed by atoms with Crippen LogP contribution in [0.2, 0.25) is 0 Å². The topological polar surface area (TPSA) is 75.3 Å². The van der Waals surface area contributed by atoms with Crippen LogP contribution in [0.3, 0.4) is 0 Å². The van der Waals surface area contributed by atoms with Crippen molar-refractivity contribution in [2.75, 3.05) is 5.32 Å². The van der Waals surface area contributed by atoms with Crippen molar-refractivity contribution in [3.8, 4) is 0 Å². The molecule has 0 radical (unpaired) electrons. The molecule has 2 fully saturated rings. The molecule has 1 heterocycles. The van der Waals surface area contributed by atoms with E-state index in [0.29, 0.717) is 18.0 Å². The highest BCUT2D eigenvalue weighted by Gasteiger charge is 2.52. The molecule has 1 aromatic rings. The summed E-state index contributed by atoms with van der Waals surface area (Å²) in [4.78, 5) is 37.1. The molecule has 2 atom stereocenters. The van der Waals surface area contributed by atoms with E-state index in [-0.39, 0.29) is 0 Å². The molecule has 5 nitrogen and oxygen atoms in total. The minimum atomic E-state index is -1.31. The van der Waals surface area contributed by atoms with Crippen molar-refractivity contribution in [1.82, 2.24) is 5.32 Å². The average molecular weight is 340 g/mol. The first-order valence-electron chi connectivity index (χ1n) is 8.82. The van der Waals surface area contributed by atoms with Gasteiger partial charge in [-0.15, -0.1) is 6.58 Å². The van der Waals surface area contributed by atoms with E-state index in [1.807, 2.05) is 24.3 Å². The van der Waals surface area contributed by atoms with Gasteiger partial charge >= 0.3 is 0 Å². The van der Waals surface area contributed by atoms with Crippen molar-refractivity contribution in [3.63, 3.8) is 0 Å². The number of benzene rings is 1. The summed E-state index contributed by atoms with van der Waals surface area (Å²) in [6.07, 6.45) is 6.84. The minimum absolute atomic E-state index is 0.303. The lowest BCUT2D eigenvalue weighted by molar-refractivity contribution is -0.135. The number of carbonyl (C=O) groups excluding carboxylic acids is 3. The number of hydrogen-bond donors (Lipinski definition) is 2. The van der Waals surface area contributed by atoms with Crippen molar-refractivity contribution in [2.24, 2.45) is 5.92 Å². The van der Waals surface area contributed by atoms with Crippen LogP contribution < -0.4 is 10.6 Å². The maximum atomic E-state index is 12.5. The molecule has 132 valence electrons. The first kappa shape index (κ1) is 17.4. The van der Waals surface area contributed by atoms with Crippen LogP contribution >= 0.6 is 0 Å². The van der Waals surface area contributed by atoms with E-state index in [4.69, 9.17) is 0 Å². The highest BCUT2D eigenvalue weighted by Crippen LogP contribution is 2.34. The van der Waals surface area contributed by atoms with Crippen LogP contribution in [0.5, 0.6) is 0 Å². The molecule has 2 unspecified atom stereocenters. The van der Waals surface area contributed by atoms with E-state index in [0.717, 1.165) is 0 Å². The molecular formula is C20H24N2O3. The van der Waals surface area contributed by atoms with Gasteiger partial charge in [0.05, 0.1) is 0 Å². The molecule has 3 rings (SSSR count). The number of amides is 2. The van der Waals surface area contributed by atoms with Gasteiger partial charge in [0.1, 0.15) is 5.54 Å². The third-order valence-corrected chi connectivity index (χ3v) is 5.29. The number of carbonyl (C=O) groups is 3. The Balaban J connectivity index is 1.68. The van der Waals surface area contributed by atoms with E-state index in [2.05, 4.69) is 17.2 Å². The second kappa shape index (κ2) is 6.82. The van der Waals surface area contributed by atoms with Crippen LogP contribution in [0.4, 0.5) is 5.69 Å². The lowest BCUT2D eigenvalue weighted by Crippen LogP contribution is -2.43.